The van der Waals surface area contributed by atoms with Gasteiger partial charge in [-0.2, -0.15) is 0 Å². The smallest absolute Gasteiger partial charge is 0.254 e. The summed E-state index contributed by atoms with van der Waals surface area (Å²) in [4.78, 5) is 19.1. The van der Waals surface area contributed by atoms with E-state index in [1.165, 1.54) is 6.26 Å². The largest absolute Gasteiger partial charge is 0.487 e. The zero-order chi connectivity index (χ0) is 19.6. The monoisotopic (exact) mass is 408 g/mol. The number of carbonyl (C=O) groups excluding carboxylic acids is 1. The summed E-state index contributed by atoms with van der Waals surface area (Å²) >= 11 is 1.57. The Balaban J connectivity index is 1.72. The van der Waals surface area contributed by atoms with Crippen LogP contribution in [0.25, 0.3) is 0 Å². The van der Waals surface area contributed by atoms with E-state index in [1.54, 1.807) is 47.4 Å². The van der Waals surface area contributed by atoms with Gasteiger partial charge in [0.2, 0.25) is 0 Å². The van der Waals surface area contributed by atoms with Crippen molar-refractivity contribution in [3.63, 3.8) is 0 Å². The molecule has 1 amide bonds. The lowest BCUT2D eigenvalue weighted by molar-refractivity contribution is 0.0692. The molecule has 0 radical (unpaired) electrons. The Morgan fingerprint density at radius 1 is 1.41 bits per heavy atom. The summed E-state index contributed by atoms with van der Waals surface area (Å²) in [5.74, 6) is 0.413. The average Bonchev–Trinajstić information content (AvgIpc) is 3.32. The molecule has 0 aliphatic heterocycles. The topological polar surface area (TPSA) is 76.6 Å². The number of hydrogen-bond acceptors (Lipinski definition) is 6. The lowest BCUT2D eigenvalue weighted by atomic mass is 10.1. The van der Waals surface area contributed by atoms with Crippen LogP contribution in [0.15, 0.2) is 29.6 Å². The van der Waals surface area contributed by atoms with E-state index in [-0.39, 0.29) is 23.7 Å². The molecule has 1 heterocycles. The first-order valence-electron chi connectivity index (χ1n) is 8.87. The van der Waals surface area contributed by atoms with E-state index < -0.39 is 9.84 Å². The summed E-state index contributed by atoms with van der Waals surface area (Å²) in [6, 6.07) is 6.80. The van der Waals surface area contributed by atoms with Crippen LogP contribution in [-0.4, -0.2) is 48.3 Å². The minimum Gasteiger partial charge on any atom is -0.487 e. The lowest BCUT2D eigenvalue weighted by Gasteiger charge is -2.29. The molecule has 1 aromatic heterocycles. The SMILES string of the molecule is Cc1nc(COc2cccc(C(=O)N(C(C)CS(C)(=O)=O)C3CC3)c2)cs1. The highest BCUT2D eigenvalue weighted by Crippen LogP contribution is 2.31. The molecule has 1 aliphatic rings. The molecule has 8 heteroatoms. The maximum absolute atomic E-state index is 13.0. The molecule has 3 rings (SSSR count). The van der Waals surface area contributed by atoms with Crippen LogP contribution in [0.1, 0.15) is 40.8 Å². The van der Waals surface area contributed by atoms with Crippen molar-refractivity contribution in [2.75, 3.05) is 12.0 Å². The van der Waals surface area contributed by atoms with E-state index in [2.05, 4.69) is 4.98 Å². The van der Waals surface area contributed by atoms with Crippen molar-refractivity contribution in [2.45, 2.75) is 45.4 Å². The minimum atomic E-state index is -3.16. The van der Waals surface area contributed by atoms with Gasteiger partial charge in [0.05, 0.1) is 16.5 Å². The van der Waals surface area contributed by atoms with Gasteiger partial charge < -0.3 is 9.64 Å². The first-order valence-corrected chi connectivity index (χ1v) is 11.8. The maximum atomic E-state index is 13.0. The Bertz CT molecular complexity index is 919. The van der Waals surface area contributed by atoms with Gasteiger partial charge in [-0.1, -0.05) is 6.07 Å². The summed E-state index contributed by atoms with van der Waals surface area (Å²) in [7, 11) is -3.16. The molecule has 1 unspecified atom stereocenters. The minimum absolute atomic E-state index is 0.0331. The molecule has 1 atom stereocenters. The van der Waals surface area contributed by atoms with Gasteiger partial charge in [0.15, 0.2) is 0 Å². The number of carbonyl (C=O) groups is 1. The predicted octanol–water partition coefficient (Wildman–Crippen LogP) is 3.07. The van der Waals surface area contributed by atoms with E-state index in [0.717, 1.165) is 23.5 Å². The number of rotatable bonds is 8. The third kappa shape index (κ3) is 5.52. The van der Waals surface area contributed by atoms with E-state index in [4.69, 9.17) is 4.74 Å². The van der Waals surface area contributed by atoms with Crippen LogP contribution in [-0.2, 0) is 16.4 Å². The number of amides is 1. The highest BCUT2D eigenvalue weighted by Gasteiger charge is 2.37. The molecule has 6 nitrogen and oxygen atoms in total. The summed E-state index contributed by atoms with van der Waals surface area (Å²) in [6.07, 6.45) is 3.03. The zero-order valence-corrected chi connectivity index (χ0v) is 17.3. The number of nitrogens with zero attached hydrogens (tertiary/aromatic N) is 2. The van der Waals surface area contributed by atoms with Crippen molar-refractivity contribution in [2.24, 2.45) is 0 Å². The lowest BCUT2D eigenvalue weighted by Crippen LogP contribution is -2.43. The Morgan fingerprint density at radius 2 is 2.15 bits per heavy atom. The fourth-order valence-electron chi connectivity index (χ4n) is 3.10. The Labute approximate surface area is 164 Å². The van der Waals surface area contributed by atoms with E-state index in [1.807, 2.05) is 12.3 Å². The van der Waals surface area contributed by atoms with Crippen LogP contribution in [0.2, 0.25) is 0 Å². The van der Waals surface area contributed by atoms with Crippen LogP contribution in [0.4, 0.5) is 0 Å². The van der Waals surface area contributed by atoms with E-state index in [0.29, 0.717) is 17.9 Å². The van der Waals surface area contributed by atoms with Crippen LogP contribution in [0, 0.1) is 6.92 Å². The molecule has 1 aromatic carbocycles. The highest BCUT2D eigenvalue weighted by atomic mass is 32.2. The van der Waals surface area contributed by atoms with Gasteiger partial charge in [-0.05, 0) is 44.9 Å². The number of hydrogen-bond donors (Lipinski definition) is 0. The predicted molar refractivity (Wildman–Crippen MR) is 106 cm³/mol. The molecule has 1 fully saturated rings. The van der Waals surface area contributed by atoms with Crippen molar-refractivity contribution in [1.82, 2.24) is 9.88 Å². The summed E-state index contributed by atoms with van der Waals surface area (Å²) in [5.41, 5.74) is 1.37. The average molecular weight is 409 g/mol. The van der Waals surface area contributed by atoms with Crippen molar-refractivity contribution in [1.29, 1.82) is 0 Å². The molecule has 1 aliphatic carbocycles. The summed E-state index contributed by atoms with van der Waals surface area (Å²) < 4.78 is 29.1. The van der Waals surface area contributed by atoms with Crippen LogP contribution >= 0.6 is 11.3 Å². The number of benzene rings is 1. The first kappa shape index (κ1) is 19.8. The third-order valence-corrected chi connectivity index (χ3v) is 6.24. The normalized spacial score (nSPS) is 15.4. The van der Waals surface area contributed by atoms with Crippen molar-refractivity contribution >= 4 is 27.1 Å². The second-order valence-corrected chi connectivity index (χ2v) is 10.3. The van der Waals surface area contributed by atoms with Gasteiger partial charge in [0.1, 0.15) is 22.2 Å². The van der Waals surface area contributed by atoms with E-state index >= 15 is 0 Å². The number of ether oxygens (including phenoxy) is 1. The number of thiazole rings is 1. The quantitative estimate of drug-likeness (QED) is 0.671. The fraction of sp³-hybridized carbons (Fsp3) is 0.474. The fourth-order valence-corrected chi connectivity index (χ4v) is 4.73. The Hall–Kier alpha value is -1.93. The molecule has 0 N–H and O–H groups in total. The van der Waals surface area contributed by atoms with E-state index in [9.17, 15) is 13.2 Å². The van der Waals surface area contributed by atoms with Gasteiger partial charge in [-0.25, -0.2) is 13.4 Å². The maximum Gasteiger partial charge on any atom is 0.254 e. The number of sulfone groups is 1. The molecule has 27 heavy (non-hydrogen) atoms. The second-order valence-electron chi connectivity index (χ2n) is 7.06. The highest BCUT2D eigenvalue weighted by molar-refractivity contribution is 7.90. The molecular formula is C19H24N2O4S2. The summed E-state index contributed by atoms with van der Waals surface area (Å²) in [5, 5.41) is 2.93. The molecule has 0 saturated heterocycles. The first-order chi connectivity index (χ1) is 12.7. The standard InChI is InChI=1S/C19H24N2O4S2/c1-13(12-27(3,23)24)21(17-7-8-17)19(22)15-5-4-6-18(9-15)25-10-16-11-26-14(2)20-16/h4-6,9,11,13,17H,7-8,10,12H2,1-3H3. The van der Waals surface area contributed by atoms with Gasteiger partial charge in [-0.15, -0.1) is 11.3 Å². The molecule has 1 saturated carbocycles. The van der Waals surface area contributed by atoms with Crippen molar-refractivity contribution < 1.29 is 17.9 Å². The Morgan fingerprint density at radius 3 is 2.74 bits per heavy atom. The molecule has 0 bridgehead atoms. The third-order valence-electron chi connectivity index (χ3n) is 4.33. The molecule has 0 spiro atoms. The van der Waals surface area contributed by atoms with Crippen molar-refractivity contribution in [3.05, 3.63) is 45.9 Å². The number of aromatic nitrogens is 1. The molecular weight excluding hydrogens is 384 g/mol. The van der Waals surface area contributed by atoms with Crippen molar-refractivity contribution in [3.8, 4) is 5.75 Å². The molecule has 146 valence electrons. The number of aryl methyl sites for hydroxylation is 1. The van der Waals surface area contributed by atoms with Gasteiger partial charge in [-0.3, -0.25) is 4.79 Å². The van der Waals surface area contributed by atoms with Crippen LogP contribution < -0.4 is 4.74 Å². The summed E-state index contributed by atoms with van der Waals surface area (Å²) in [6.45, 7) is 4.08. The molecule has 2 aromatic rings. The van der Waals surface area contributed by atoms with Gasteiger partial charge >= 0.3 is 0 Å². The van der Waals surface area contributed by atoms with Crippen LogP contribution in [0.3, 0.4) is 0 Å². The zero-order valence-electron chi connectivity index (χ0n) is 15.7. The van der Waals surface area contributed by atoms with Gasteiger partial charge in [0.25, 0.3) is 5.91 Å². The second kappa shape index (κ2) is 7.98. The van der Waals surface area contributed by atoms with Gasteiger partial charge in [0, 0.05) is 29.3 Å². The van der Waals surface area contributed by atoms with Crippen LogP contribution in [0.5, 0.6) is 5.75 Å². The Kier molecular flexibility index (Phi) is 5.86.